The number of nitrogens with zero attached hydrogens (tertiary/aromatic N) is 2. The molecule has 1 fully saturated rings. The van der Waals surface area contributed by atoms with Crippen molar-refractivity contribution in [2.45, 2.75) is 31.9 Å². The predicted molar refractivity (Wildman–Crippen MR) is 62.6 cm³/mol. The molecule has 0 aliphatic carbocycles. The molecule has 0 radical (unpaired) electrons. The quantitative estimate of drug-likeness (QED) is 0.849. The third-order valence-corrected chi connectivity index (χ3v) is 3.09. The molecule has 2 heterocycles. The highest BCUT2D eigenvalue weighted by Crippen LogP contribution is 2.21. The number of aryl methyl sites for hydroxylation is 1. The van der Waals surface area contributed by atoms with Crippen LogP contribution in [0, 0.1) is 6.92 Å². The lowest BCUT2D eigenvalue weighted by atomic mass is 9.94. The molecule has 1 aromatic rings. The molecule has 0 saturated carbocycles. The maximum absolute atomic E-state index is 10.4. The predicted octanol–water partition coefficient (Wildman–Crippen LogP) is 0.956. The van der Waals surface area contributed by atoms with Crippen molar-refractivity contribution >= 4 is 0 Å². The van der Waals surface area contributed by atoms with Crippen LogP contribution in [0.1, 0.15) is 24.3 Å². The molecule has 1 N–H and O–H groups in total. The maximum Gasteiger partial charge on any atom is 0.150 e. The zero-order chi connectivity index (χ0) is 12.3. The van der Waals surface area contributed by atoms with E-state index in [1.807, 2.05) is 20.0 Å². The normalized spacial score (nSPS) is 19.8. The molecule has 5 heteroatoms. The first kappa shape index (κ1) is 12.5. The molecular formula is C12H20N2O3. The molecule has 1 aromatic heterocycles. The summed E-state index contributed by atoms with van der Waals surface area (Å²) in [6.07, 6.45) is 1.40. The molecule has 96 valence electrons. The standard InChI is InChI=1S/C12H20N2O3/c1-10-7-11(17-13-10)8-14(2)9-12(15)3-5-16-6-4-12/h7,15H,3-6,8-9H2,1-2H3. The lowest BCUT2D eigenvalue weighted by molar-refractivity contribution is -0.0783. The number of ether oxygens (including phenoxy) is 1. The van der Waals surface area contributed by atoms with Crippen molar-refractivity contribution < 1.29 is 14.4 Å². The number of aliphatic hydroxyl groups is 1. The molecule has 5 nitrogen and oxygen atoms in total. The Hall–Kier alpha value is -0.910. The molecule has 0 aromatic carbocycles. The number of hydrogen-bond donors (Lipinski definition) is 1. The van der Waals surface area contributed by atoms with E-state index >= 15 is 0 Å². The first-order chi connectivity index (χ1) is 8.07. The van der Waals surface area contributed by atoms with Crippen LogP contribution in [0.2, 0.25) is 0 Å². The lowest BCUT2D eigenvalue weighted by Crippen LogP contribution is -2.45. The Labute approximate surface area is 101 Å². The van der Waals surface area contributed by atoms with Gasteiger partial charge in [-0.25, -0.2) is 0 Å². The second-order valence-corrected chi connectivity index (χ2v) is 4.94. The fourth-order valence-electron chi connectivity index (χ4n) is 2.22. The number of aromatic nitrogens is 1. The van der Waals surface area contributed by atoms with Gasteiger partial charge in [-0.3, -0.25) is 4.90 Å². The van der Waals surface area contributed by atoms with Gasteiger partial charge in [0.05, 0.1) is 17.8 Å². The Morgan fingerprint density at radius 1 is 1.47 bits per heavy atom. The van der Waals surface area contributed by atoms with Crippen LogP contribution in [-0.4, -0.2) is 47.6 Å². The van der Waals surface area contributed by atoms with Crippen molar-refractivity contribution in [1.82, 2.24) is 10.1 Å². The van der Waals surface area contributed by atoms with Crippen molar-refractivity contribution in [1.29, 1.82) is 0 Å². The molecule has 0 bridgehead atoms. The minimum absolute atomic E-state index is 0.623. The van der Waals surface area contributed by atoms with Crippen LogP contribution in [0.3, 0.4) is 0 Å². The van der Waals surface area contributed by atoms with Crippen molar-refractivity contribution in [3.05, 3.63) is 17.5 Å². The highest BCUT2D eigenvalue weighted by atomic mass is 16.5. The van der Waals surface area contributed by atoms with Crippen molar-refractivity contribution in [2.24, 2.45) is 0 Å². The molecule has 0 amide bonds. The molecule has 17 heavy (non-hydrogen) atoms. The molecule has 1 aliphatic heterocycles. The van der Waals surface area contributed by atoms with Crippen LogP contribution >= 0.6 is 0 Å². The first-order valence-electron chi connectivity index (χ1n) is 5.98. The van der Waals surface area contributed by atoms with Gasteiger partial charge in [0.25, 0.3) is 0 Å². The van der Waals surface area contributed by atoms with E-state index in [-0.39, 0.29) is 0 Å². The zero-order valence-corrected chi connectivity index (χ0v) is 10.5. The van der Waals surface area contributed by atoms with Crippen LogP contribution in [0.15, 0.2) is 10.6 Å². The van der Waals surface area contributed by atoms with Crippen LogP contribution in [0.25, 0.3) is 0 Å². The Morgan fingerprint density at radius 2 is 2.18 bits per heavy atom. The number of hydrogen-bond acceptors (Lipinski definition) is 5. The van der Waals surface area contributed by atoms with Gasteiger partial charge >= 0.3 is 0 Å². The van der Waals surface area contributed by atoms with Gasteiger partial charge in [-0.2, -0.15) is 0 Å². The van der Waals surface area contributed by atoms with Gasteiger partial charge in [0.1, 0.15) is 0 Å². The monoisotopic (exact) mass is 240 g/mol. The summed E-state index contributed by atoms with van der Waals surface area (Å²) in [5.41, 5.74) is 0.264. The van der Waals surface area contributed by atoms with Gasteiger partial charge in [-0.05, 0) is 14.0 Å². The average Bonchev–Trinajstić information content (AvgIpc) is 2.63. The van der Waals surface area contributed by atoms with Gasteiger partial charge in [-0.1, -0.05) is 5.16 Å². The molecule has 0 spiro atoms. The van der Waals surface area contributed by atoms with E-state index in [2.05, 4.69) is 10.1 Å². The van der Waals surface area contributed by atoms with Crippen molar-refractivity contribution in [2.75, 3.05) is 26.8 Å². The maximum atomic E-state index is 10.4. The molecule has 0 unspecified atom stereocenters. The summed E-state index contributed by atoms with van der Waals surface area (Å²) < 4.78 is 10.4. The molecule has 2 rings (SSSR count). The smallest absolute Gasteiger partial charge is 0.150 e. The van der Waals surface area contributed by atoms with E-state index in [9.17, 15) is 5.11 Å². The average molecular weight is 240 g/mol. The Balaban J connectivity index is 1.85. The topological polar surface area (TPSA) is 58.7 Å². The summed E-state index contributed by atoms with van der Waals surface area (Å²) in [6, 6.07) is 1.92. The summed E-state index contributed by atoms with van der Waals surface area (Å²) in [5, 5.41) is 14.2. The summed E-state index contributed by atoms with van der Waals surface area (Å²) in [6.45, 7) is 4.50. The highest BCUT2D eigenvalue weighted by Gasteiger charge is 2.31. The Bertz CT molecular complexity index is 358. The van der Waals surface area contributed by atoms with E-state index < -0.39 is 5.60 Å². The second-order valence-electron chi connectivity index (χ2n) is 4.94. The summed E-state index contributed by atoms with van der Waals surface area (Å²) >= 11 is 0. The first-order valence-corrected chi connectivity index (χ1v) is 5.98. The lowest BCUT2D eigenvalue weighted by Gasteiger charge is -2.35. The van der Waals surface area contributed by atoms with Gasteiger partial charge in [0.2, 0.25) is 0 Å². The van der Waals surface area contributed by atoms with Crippen LogP contribution in [0.5, 0.6) is 0 Å². The minimum atomic E-state index is -0.623. The second kappa shape index (κ2) is 5.16. The molecule has 1 saturated heterocycles. The van der Waals surface area contributed by atoms with E-state index in [0.29, 0.717) is 39.1 Å². The fourth-order valence-corrected chi connectivity index (χ4v) is 2.22. The molecular weight excluding hydrogens is 220 g/mol. The van der Waals surface area contributed by atoms with Gasteiger partial charge in [0.15, 0.2) is 5.76 Å². The van der Waals surface area contributed by atoms with E-state index in [0.717, 1.165) is 11.5 Å². The number of likely N-dealkylation sites (N-methyl/N-ethyl adjacent to an activating group) is 1. The number of rotatable bonds is 4. The van der Waals surface area contributed by atoms with Crippen molar-refractivity contribution in [3.63, 3.8) is 0 Å². The SMILES string of the molecule is Cc1cc(CN(C)CC2(O)CCOCC2)on1. The summed E-state index contributed by atoms with van der Waals surface area (Å²) in [7, 11) is 1.98. The summed E-state index contributed by atoms with van der Waals surface area (Å²) in [5.74, 6) is 0.834. The Kier molecular flexibility index (Phi) is 3.81. The fraction of sp³-hybridized carbons (Fsp3) is 0.750. The van der Waals surface area contributed by atoms with Crippen LogP contribution in [0.4, 0.5) is 0 Å². The highest BCUT2D eigenvalue weighted by molar-refractivity contribution is 5.02. The van der Waals surface area contributed by atoms with E-state index in [1.54, 1.807) is 0 Å². The molecule has 0 atom stereocenters. The zero-order valence-electron chi connectivity index (χ0n) is 10.5. The Morgan fingerprint density at radius 3 is 2.76 bits per heavy atom. The van der Waals surface area contributed by atoms with E-state index in [1.165, 1.54) is 0 Å². The minimum Gasteiger partial charge on any atom is -0.388 e. The van der Waals surface area contributed by atoms with Gasteiger partial charge in [0, 0.05) is 38.7 Å². The molecule has 1 aliphatic rings. The largest absolute Gasteiger partial charge is 0.388 e. The van der Waals surface area contributed by atoms with Gasteiger partial charge < -0.3 is 14.4 Å². The van der Waals surface area contributed by atoms with Crippen molar-refractivity contribution in [3.8, 4) is 0 Å². The summed E-state index contributed by atoms with van der Waals surface area (Å²) in [4.78, 5) is 2.06. The van der Waals surface area contributed by atoms with Crippen LogP contribution in [-0.2, 0) is 11.3 Å². The third kappa shape index (κ3) is 3.52. The van der Waals surface area contributed by atoms with Crippen LogP contribution < -0.4 is 0 Å². The third-order valence-electron chi connectivity index (χ3n) is 3.09. The van der Waals surface area contributed by atoms with Gasteiger partial charge in [-0.15, -0.1) is 0 Å². The van der Waals surface area contributed by atoms with E-state index in [4.69, 9.17) is 9.26 Å².